The molecule has 0 aliphatic heterocycles. The molecule has 1 saturated carbocycles. The number of nitrogens with one attached hydrogen (secondary N) is 2. The van der Waals surface area contributed by atoms with Gasteiger partial charge in [0, 0.05) is 18.9 Å². The molecule has 3 N–H and O–H groups in total. The molecular weight excluding hydrogens is 304 g/mol. The van der Waals surface area contributed by atoms with Gasteiger partial charge < -0.3 is 15.7 Å². The Hall–Kier alpha value is -1.88. The average molecular weight is 332 g/mol. The summed E-state index contributed by atoms with van der Waals surface area (Å²) in [5, 5.41) is 15.5. The molecule has 1 aliphatic carbocycles. The molecule has 2 atom stereocenters. The molecule has 1 fully saturated rings. The molecule has 24 heavy (non-hydrogen) atoms. The van der Waals surface area contributed by atoms with Crippen LogP contribution >= 0.6 is 0 Å². The fourth-order valence-corrected chi connectivity index (χ4v) is 3.09. The third-order valence-corrected chi connectivity index (χ3v) is 4.55. The molecule has 132 valence electrons. The summed E-state index contributed by atoms with van der Waals surface area (Å²) in [7, 11) is 0. The largest absolute Gasteiger partial charge is 0.391 e. The second-order valence-corrected chi connectivity index (χ2v) is 6.65. The van der Waals surface area contributed by atoms with Crippen molar-refractivity contribution in [2.45, 2.75) is 57.6 Å². The van der Waals surface area contributed by atoms with Gasteiger partial charge >= 0.3 is 0 Å². The second-order valence-electron chi connectivity index (χ2n) is 6.65. The van der Waals surface area contributed by atoms with Crippen LogP contribution in [0.4, 0.5) is 0 Å². The first-order valence-electron chi connectivity index (χ1n) is 8.86. The van der Waals surface area contributed by atoms with Crippen molar-refractivity contribution in [2.24, 2.45) is 5.92 Å². The number of hydrogen-bond acceptors (Lipinski definition) is 3. The Balaban J connectivity index is 1.70. The number of benzene rings is 1. The Labute approximate surface area is 143 Å². The molecule has 1 aromatic carbocycles. The minimum absolute atomic E-state index is 0.0258. The fraction of sp³-hybridized carbons (Fsp3) is 0.579. The zero-order chi connectivity index (χ0) is 17.4. The highest BCUT2D eigenvalue weighted by molar-refractivity contribution is 5.88. The van der Waals surface area contributed by atoms with Crippen LogP contribution in [-0.2, 0) is 16.0 Å². The summed E-state index contributed by atoms with van der Waals surface area (Å²) < 4.78 is 0. The maximum absolute atomic E-state index is 12.2. The van der Waals surface area contributed by atoms with Crippen molar-refractivity contribution in [1.29, 1.82) is 0 Å². The van der Waals surface area contributed by atoms with Gasteiger partial charge in [-0.25, -0.2) is 0 Å². The van der Waals surface area contributed by atoms with Crippen LogP contribution in [0.25, 0.3) is 0 Å². The van der Waals surface area contributed by atoms with Gasteiger partial charge in [-0.05, 0) is 25.3 Å². The third kappa shape index (κ3) is 5.96. The van der Waals surface area contributed by atoms with Crippen LogP contribution in [0.5, 0.6) is 0 Å². The van der Waals surface area contributed by atoms with Crippen LogP contribution in [0.2, 0.25) is 0 Å². The van der Waals surface area contributed by atoms with Gasteiger partial charge in [0.2, 0.25) is 11.8 Å². The number of carbonyl (C=O) groups is 2. The lowest BCUT2D eigenvalue weighted by atomic mass is 9.88. The van der Waals surface area contributed by atoms with Crippen molar-refractivity contribution in [3.63, 3.8) is 0 Å². The standard InChI is InChI=1S/C19H28N2O3/c1-14(21-19(24)16-10-6-3-7-11-16)18(23)20-13-17(22)12-15-8-4-2-5-9-15/h2,4-5,8-9,14,16-17,22H,3,6-7,10-13H2,1H3,(H,20,23)(H,21,24). The molecule has 2 unspecified atom stereocenters. The topological polar surface area (TPSA) is 78.4 Å². The lowest BCUT2D eigenvalue weighted by Gasteiger charge is -2.23. The Morgan fingerprint density at radius 2 is 1.83 bits per heavy atom. The van der Waals surface area contributed by atoms with Crippen LogP contribution in [-0.4, -0.2) is 35.6 Å². The number of hydrogen-bond donors (Lipinski definition) is 3. The van der Waals surface area contributed by atoms with Crippen molar-refractivity contribution in [1.82, 2.24) is 10.6 Å². The van der Waals surface area contributed by atoms with Crippen LogP contribution in [0, 0.1) is 5.92 Å². The van der Waals surface area contributed by atoms with Gasteiger partial charge in [0.05, 0.1) is 6.10 Å². The van der Waals surface area contributed by atoms with E-state index < -0.39 is 12.1 Å². The molecule has 0 spiro atoms. The zero-order valence-electron chi connectivity index (χ0n) is 14.3. The molecule has 1 aromatic rings. The highest BCUT2D eigenvalue weighted by Gasteiger charge is 2.24. The van der Waals surface area contributed by atoms with E-state index in [0.29, 0.717) is 6.42 Å². The van der Waals surface area contributed by atoms with Crippen LogP contribution in [0.1, 0.15) is 44.6 Å². The lowest BCUT2D eigenvalue weighted by Crippen LogP contribution is -2.48. The summed E-state index contributed by atoms with van der Waals surface area (Å²) in [6.45, 7) is 1.86. The van der Waals surface area contributed by atoms with Gasteiger partial charge in [0.15, 0.2) is 0 Å². The summed E-state index contributed by atoms with van der Waals surface area (Å²) in [5.41, 5.74) is 1.03. The summed E-state index contributed by atoms with van der Waals surface area (Å²) in [6, 6.07) is 9.07. The second kappa shape index (κ2) is 9.42. The van der Waals surface area contributed by atoms with Gasteiger partial charge in [0.25, 0.3) is 0 Å². The first kappa shape index (κ1) is 18.5. The van der Waals surface area contributed by atoms with E-state index in [1.165, 1.54) is 6.42 Å². The smallest absolute Gasteiger partial charge is 0.242 e. The maximum Gasteiger partial charge on any atom is 0.242 e. The molecule has 5 heteroatoms. The van der Waals surface area contributed by atoms with E-state index in [0.717, 1.165) is 31.2 Å². The van der Waals surface area contributed by atoms with Gasteiger partial charge in [-0.1, -0.05) is 49.6 Å². The van der Waals surface area contributed by atoms with E-state index in [4.69, 9.17) is 0 Å². The monoisotopic (exact) mass is 332 g/mol. The Morgan fingerprint density at radius 1 is 1.17 bits per heavy atom. The summed E-state index contributed by atoms with van der Waals surface area (Å²) >= 11 is 0. The molecule has 0 bridgehead atoms. The first-order valence-corrected chi connectivity index (χ1v) is 8.86. The van der Waals surface area contributed by atoms with Gasteiger partial charge in [-0.2, -0.15) is 0 Å². The molecule has 0 aromatic heterocycles. The number of aliphatic hydroxyl groups excluding tert-OH is 1. The molecule has 0 radical (unpaired) electrons. The highest BCUT2D eigenvalue weighted by atomic mass is 16.3. The van der Waals surface area contributed by atoms with Crippen molar-refractivity contribution in [3.05, 3.63) is 35.9 Å². The van der Waals surface area contributed by atoms with Crippen molar-refractivity contribution < 1.29 is 14.7 Å². The minimum Gasteiger partial charge on any atom is -0.391 e. The number of rotatable bonds is 7. The molecule has 2 rings (SSSR count). The molecule has 1 aliphatic rings. The maximum atomic E-state index is 12.2. The summed E-state index contributed by atoms with van der Waals surface area (Å²) in [6.07, 6.45) is 5.04. The molecule has 2 amide bonds. The van der Waals surface area contributed by atoms with E-state index in [1.807, 2.05) is 30.3 Å². The quantitative estimate of drug-likeness (QED) is 0.712. The molecular formula is C19H28N2O3. The zero-order valence-corrected chi connectivity index (χ0v) is 14.3. The third-order valence-electron chi connectivity index (χ3n) is 4.55. The van der Waals surface area contributed by atoms with E-state index in [2.05, 4.69) is 10.6 Å². The van der Waals surface area contributed by atoms with Crippen molar-refractivity contribution >= 4 is 11.8 Å². The van der Waals surface area contributed by atoms with E-state index >= 15 is 0 Å². The number of amides is 2. The van der Waals surface area contributed by atoms with E-state index in [-0.39, 0.29) is 24.3 Å². The Morgan fingerprint density at radius 3 is 2.50 bits per heavy atom. The van der Waals surface area contributed by atoms with Gasteiger partial charge in [0.1, 0.15) is 6.04 Å². The lowest BCUT2D eigenvalue weighted by molar-refractivity contribution is -0.131. The predicted octanol–water partition coefficient (Wildman–Crippen LogP) is 1.79. The fourth-order valence-electron chi connectivity index (χ4n) is 3.09. The van der Waals surface area contributed by atoms with Crippen molar-refractivity contribution in [2.75, 3.05) is 6.54 Å². The van der Waals surface area contributed by atoms with Crippen molar-refractivity contribution in [3.8, 4) is 0 Å². The highest BCUT2D eigenvalue weighted by Crippen LogP contribution is 2.23. The number of aliphatic hydroxyl groups is 1. The summed E-state index contributed by atoms with van der Waals surface area (Å²) in [4.78, 5) is 24.2. The average Bonchev–Trinajstić information content (AvgIpc) is 2.61. The van der Waals surface area contributed by atoms with E-state index in [9.17, 15) is 14.7 Å². The number of carbonyl (C=O) groups excluding carboxylic acids is 2. The van der Waals surface area contributed by atoms with Gasteiger partial charge in [-0.15, -0.1) is 0 Å². The Kier molecular flexibility index (Phi) is 7.25. The minimum atomic E-state index is -0.641. The summed E-state index contributed by atoms with van der Waals surface area (Å²) in [5.74, 6) is -0.244. The van der Waals surface area contributed by atoms with E-state index in [1.54, 1.807) is 6.92 Å². The first-order chi connectivity index (χ1) is 11.6. The van der Waals surface area contributed by atoms with Gasteiger partial charge in [-0.3, -0.25) is 9.59 Å². The SMILES string of the molecule is CC(NC(=O)C1CCCCC1)C(=O)NCC(O)Cc1ccccc1. The van der Waals surface area contributed by atoms with Crippen LogP contribution in [0.3, 0.4) is 0 Å². The molecule has 5 nitrogen and oxygen atoms in total. The van der Waals surface area contributed by atoms with Crippen LogP contribution < -0.4 is 10.6 Å². The van der Waals surface area contributed by atoms with Crippen LogP contribution in [0.15, 0.2) is 30.3 Å². The molecule has 0 saturated heterocycles. The Bertz CT molecular complexity index is 527. The molecule has 0 heterocycles. The predicted molar refractivity (Wildman–Crippen MR) is 93.3 cm³/mol. The normalized spacial score (nSPS) is 17.8.